The summed E-state index contributed by atoms with van der Waals surface area (Å²) in [6, 6.07) is 19.6. The van der Waals surface area contributed by atoms with E-state index in [4.69, 9.17) is 10.5 Å². The molecule has 0 unspecified atom stereocenters. The average Bonchev–Trinajstić information content (AvgIpc) is 2.79. The third kappa shape index (κ3) is 5.32. The predicted octanol–water partition coefficient (Wildman–Crippen LogP) is 5.80. The Bertz CT molecular complexity index is 1250. The Morgan fingerprint density at radius 3 is 1.31 bits per heavy atom. The Morgan fingerprint density at radius 1 is 0.562 bits per heavy atom. The Morgan fingerprint density at radius 2 is 0.969 bits per heavy atom. The van der Waals surface area contributed by atoms with Crippen molar-refractivity contribution in [3.05, 3.63) is 107 Å². The second-order valence-electron chi connectivity index (χ2n) is 6.29. The van der Waals surface area contributed by atoms with Crippen molar-refractivity contribution < 1.29 is 17.6 Å². The molecule has 0 amide bonds. The summed E-state index contributed by atoms with van der Waals surface area (Å²) in [5.74, 6) is -2.67. The number of nitrogens with zero attached hydrogens (tertiary/aromatic N) is 4. The summed E-state index contributed by atoms with van der Waals surface area (Å²) >= 11 is 0. The molecular formula is C24H12F4N4. The maximum atomic E-state index is 13.4. The molecule has 0 saturated heterocycles. The summed E-state index contributed by atoms with van der Waals surface area (Å²) in [4.78, 5) is 7.86. The molecule has 8 heteroatoms. The molecule has 0 aliphatic rings. The number of rotatable bonds is 2. The summed E-state index contributed by atoms with van der Waals surface area (Å²) in [7, 11) is 0. The zero-order valence-electron chi connectivity index (χ0n) is 16.2. The van der Waals surface area contributed by atoms with Gasteiger partial charge in [-0.05, 0) is 48.5 Å². The van der Waals surface area contributed by atoms with Gasteiger partial charge in [0.2, 0.25) is 0 Å². The summed E-state index contributed by atoms with van der Waals surface area (Å²) in [5, 5.41) is 17.3. The lowest BCUT2D eigenvalue weighted by Crippen LogP contribution is -1.91. The highest BCUT2D eigenvalue weighted by atomic mass is 19.1. The van der Waals surface area contributed by atoms with Crippen LogP contribution in [0.1, 0.15) is 11.4 Å². The average molecular weight is 432 g/mol. The Hall–Kier alpha value is -4.56. The molecule has 0 aliphatic heterocycles. The number of benzene rings is 2. The second kappa shape index (κ2) is 9.96. The first-order valence-corrected chi connectivity index (χ1v) is 9.06. The van der Waals surface area contributed by atoms with Gasteiger partial charge in [0.05, 0.1) is 11.4 Å². The van der Waals surface area contributed by atoms with Gasteiger partial charge in [-0.1, -0.05) is 12.1 Å². The molecule has 0 N–H and O–H groups in total. The minimum Gasteiger partial charge on any atom is -0.237 e. The highest BCUT2D eigenvalue weighted by molar-refractivity contribution is 5.61. The molecule has 0 saturated carbocycles. The van der Waals surface area contributed by atoms with Crippen molar-refractivity contribution in [3.8, 4) is 34.7 Å². The third-order valence-corrected chi connectivity index (χ3v) is 4.14. The minimum absolute atomic E-state index is 0.179. The lowest BCUT2D eigenvalue weighted by Gasteiger charge is -2.02. The Balaban J connectivity index is 0.000000181. The summed E-state index contributed by atoms with van der Waals surface area (Å²) < 4.78 is 52.2. The van der Waals surface area contributed by atoms with Gasteiger partial charge in [0.25, 0.3) is 0 Å². The highest BCUT2D eigenvalue weighted by Gasteiger charge is 2.09. The van der Waals surface area contributed by atoms with Crippen LogP contribution in [0.3, 0.4) is 0 Å². The maximum Gasteiger partial charge on any atom is 0.141 e. The monoisotopic (exact) mass is 432 g/mol. The fourth-order valence-corrected chi connectivity index (χ4v) is 2.69. The van der Waals surface area contributed by atoms with Gasteiger partial charge in [0.15, 0.2) is 0 Å². The van der Waals surface area contributed by atoms with Crippen LogP contribution in [0.25, 0.3) is 22.5 Å². The standard InChI is InChI=1S/2C12H6F2N2/c2*13-8-4-5-10(11(14)6-8)12-3-1-2-9(7-15)16-12/h2*1-6H. The van der Waals surface area contributed by atoms with Crippen LogP contribution in [0.2, 0.25) is 0 Å². The van der Waals surface area contributed by atoms with Crippen molar-refractivity contribution in [1.29, 1.82) is 10.5 Å². The minimum atomic E-state index is -0.692. The Labute approximate surface area is 180 Å². The molecule has 0 aliphatic carbocycles. The molecule has 4 nitrogen and oxygen atoms in total. The molecule has 0 spiro atoms. The number of hydrogen-bond acceptors (Lipinski definition) is 4. The summed E-state index contributed by atoms with van der Waals surface area (Å²) in [6.45, 7) is 0. The van der Waals surface area contributed by atoms with Gasteiger partial charge in [-0.15, -0.1) is 0 Å². The molecule has 2 aromatic heterocycles. The van der Waals surface area contributed by atoms with E-state index in [0.717, 1.165) is 24.3 Å². The lowest BCUT2D eigenvalue weighted by molar-refractivity contribution is 0.584. The van der Waals surface area contributed by atoms with Crippen molar-refractivity contribution in [3.63, 3.8) is 0 Å². The van der Waals surface area contributed by atoms with Crippen LogP contribution < -0.4 is 0 Å². The lowest BCUT2D eigenvalue weighted by atomic mass is 10.1. The first-order valence-electron chi connectivity index (χ1n) is 9.06. The Kier molecular flexibility index (Phi) is 6.89. The highest BCUT2D eigenvalue weighted by Crippen LogP contribution is 2.22. The van der Waals surface area contributed by atoms with Crippen molar-refractivity contribution in [1.82, 2.24) is 9.97 Å². The zero-order chi connectivity index (χ0) is 23.1. The molecule has 2 heterocycles. The molecule has 0 radical (unpaired) electrons. The van der Waals surface area contributed by atoms with E-state index in [0.29, 0.717) is 11.4 Å². The quantitative estimate of drug-likeness (QED) is 0.376. The van der Waals surface area contributed by atoms with Crippen molar-refractivity contribution in [2.75, 3.05) is 0 Å². The van der Waals surface area contributed by atoms with Crippen LogP contribution in [0.15, 0.2) is 72.8 Å². The normalized spacial score (nSPS) is 9.81. The predicted molar refractivity (Wildman–Crippen MR) is 109 cm³/mol. The van der Waals surface area contributed by atoms with Crippen LogP contribution in [-0.2, 0) is 0 Å². The molecule has 156 valence electrons. The number of pyridine rings is 2. The number of aromatic nitrogens is 2. The van der Waals surface area contributed by atoms with Crippen LogP contribution in [-0.4, -0.2) is 9.97 Å². The van der Waals surface area contributed by atoms with E-state index in [-0.39, 0.29) is 22.5 Å². The number of nitriles is 2. The van der Waals surface area contributed by atoms with Gasteiger partial charge < -0.3 is 0 Å². The second-order valence-corrected chi connectivity index (χ2v) is 6.29. The van der Waals surface area contributed by atoms with Gasteiger partial charge in [-0.2, -0.15) is 10.5 Å². The molecular weight excluding hydrogens is 420 g/mol. The van der Waals surface area contributed by atoms with Gasteiger partial charge in [0.1, 0.15) is 46.8 Å². The van der Waals surface area contributed by atoms with Gasteiger partial charge in [0, 0.05) is 23.3 Å². The SMILES string of the molecule is N#Cc1cccc(-c2ccc(F)cc2F)n1.N#Cc1cccc(-c2ccc(F)cc2F)n1. The summed E-state index contributed by atoms with van der Waals surface area (Å²) in [5.41, 5.74) is 1.38. The zero-order valence-corrected chi connectivity index (χ0v) is 16.2. The smallest absolute Gasteiger partial charge is 0.141 e. The molecule has 0 atom stereocenters. The van der Waals surface area contributed by atoms with E-state index in [1.807, 2.05) is 12.1 Å². The fourth-order valence-electron chi connectivity index (χ4n) is 2.69. The molecule has 0 bridgehead atoms. The van der Waals surface area contributed by atoms with Gasteiger partial charge >= 0.3 is 0 Å². The molecule has 4 aromatic rings. The topological polar surface area (TPSA) is 73.4 Å². The number of halogens is 4. The molecule has 32 heavy (non-hydrogen) atoms. The van der Waals surface area contributed by atoms with Crippen LogP contribution in [0.5, 0.6) is 0 Å². The van der Waals surface area contributed by atoms with E-state index in [9.17, 15) is 17.6 Å². The van der Waals surface area contributed by atoms with E-state index in [1.54, 1.807) is 24.3 Å². The first kappa shape index (κ1) is 22.1. The van der Waals surface area contributed by atoms with Crippen molar-refractivity contribution >= 4 is 0 Å². The van der Waals surface area contributed by atoms with E-state index < -0.39 is 23.3 Å². The van der Waals surface area contributed by atoms with E-state index in [1.165, 1.54) is 24.3 Å². The number of hydrogen-bond donors (Lipinski definition) is 0. The summed E-state index contributed by atoms with van der Waals surface area (Å²) in [6.07, 6.45) is 0. The largest absolute Gasteiger partial charge is 0.237 e. The molecule has 2 aromatic carbocycles. The first-order chi connectivity index (χ1) is 15.4. The molecule has 4 rings (SSSR count). The van der Waals surface area contributed by atoms with Crippen molar-refractivity contribution in [2.24, 2.45) is 0 Å². The van der Waals surface area contributed by atoms with Gasteiger partial charge in [-0.25, -0.2) is 27.5 Å². The van der Waals surface area contributed by atoms with E-state index >= 15 is 0 Å². The maximum absolute atomic E-state index is 13.4. The van der Waals surface area contributed by atoms with Crippen molar-refractivity contribution in [2.45, 2.75) is 0 Å². The van der Waals surface area contributed by atoms with E-state index in [2.05, 4.69) is 9.97 Å². The van der Waals surface area contributed by atoms with Crippen LogP contribution >= 0.6 is 0 Å². The van der Waals surface area contributed by atoms with Crippen LogP contribution in [0, 0.1) is 45.9 Å². The third-order valence-electron chi connectivity index (χ3n) is 4.14. The fraction of sp³-hybridized carbons (Fsp3) is 0. The van der Waals surface area contributed by atoms with Gasteiger partial charge in [-0.3, -0.25) is 0 Å². The molecule has 0 fully saturated rings. The van der Waals surface area contributed by atoms with Crippen LogP contribution in [0.4, 0.5) is 17.6 Å².